The van der Waals surface area contributed by atoms with E-state index in [-0.39, 0.29) is 0 Å². The Morgan fingerprint density at radius 2 is 1.86 bits per heavy atom. The van der Waals surface area contributed by atoms with Crippen molar-refractivity contribution in [3.8, 4) is 5.75 Å². The Hall–Kier alpha value is -4.40. The highest BCUT2D eigenvalue weighted by Crippen LogP contribution is 2.34. The number of hydrogen-bond donors (Lipinski definition) is 1. The molecule has 0 radical (unpaired) electrons. The SMILES string of the molecule is COc1ccc([C@]2(C)NC(=O)N(CC(=O)N3N=C(c4ccc(C)cc4)C[C@H]3c3ccco3)C2=O)cc1. The first kappa shape index (κ1) is 23.3. The summed E-state index contributed by atoms with van der Waals surface area (Å²) in [6.45, 7) is 3.17. The zero-order chi connectivity index (χ0) is 25.4. The van der Waals surface area contributed by atoms with Crippen LogP contribution in [-0.4, -0.2) is 47.1 Å². The maximum atomic E-state index is 13.4. The summed E-state index contributed by atoms with van der Waals surface area (Å²) in [6.07, 6.45) is 1.99. The molecule has 9 heteroatoms. The Bertz CT molecular complexity index is 1330. The number of urea groups is 1. The van der Waals surface area contributed by atoms with Crippen LogP contribution in [0.4, 0.5) is 4.79 Å². The second-order valence-electron chi connectivity index (χ2n) is 9.06. The Labute approximate surface area is 208 Å². The molecule has 1 aromatic heterocycles. The van der Waals surface area contributed by atoms with Crippen LogP contribution in [0.1, 0.15) is 41.8 Å². The Kier molecular flexibility index (Phi) is 5.83. The lowest BCUT2D eigenvalue weighted by atomic mass is 9.92. The van der Waals surface area contributed by atoms with E-state index < -0.39 is 36.0 Å². The molecule has 5 rings (SSSR count). The minimum absolute atomic E-state index is 0.446. The number of carbonyl (C=O) groups is 3. The first-order valence-corrected chi connectivity index (χ1v) is 11.6. The molecule has 0 unspecified atom stereocenters. The van der Waals surface area contributed by atoms with Gasteiger partial charge in [0.2, 0.25) is 0 Å². The Morgan fingerprint density at radius 3 is 2.50 bits per heavy atom. The molecule has 0 spiro atoms. The van der Waals surface area contributed by atoms with E-state index in [1.165, 1.54) is 5.01 Å². The number of amides is 4. The van der Waals surface area contributed by atoms with Crippen LogP contribution in [0.2, 0.25) is 0 Å². The third-order valence-corrected chi connectivity index (χ3v) is 6.66. The van der Waals surface area contributed by atoms with E-state index in [0.29, 0.717) is 23.5 Å². The van der Waals surface area contributed by atoms with Crippen molar-refractivity contribution < 1.29 is 23.5 Å². The average molecular weight is 487 g/mol. The summed E-state index contributed by atoms with van der Waals surface area (Å²) in [5, 5.41) is 8.64. The van der Waals surface area contributed by atoms with Crippen LogP contribution in [0.25, 0.3) is 0 Å². The molecule has 2 aliphatic rings. The van der Waals surface area contributed by atoms with E-state index in [9.17, 15) is 14.4 Å². The van der Waals surface area contributed by atoms with E-state index >= 15 is 0 Å². The molecule has 9 nitrogen and oxygen atoms in total. The van der Waals surface area contributed by atoms with Gasteiger partial charge in [-0.3, -0.25) is 14.5 Å². The van der Waals surface area contributed by atoms with E-state index in [4.69, 9.17) is 9.15 Å². The van der Waals surface area contributed by atoms with Gasteiger partial charge in [-0.1, -0.05) is 42.0 Å². The topological polar surface area (TPSA) is 104 Å². The van der Waals surface area contributed by atoms with Crippen molar-refractivity contribution in [2.45, 2.75) is 31.8 Å². The van der Waals surface area contributed by atoms with Crippen molar-refractivity contribution in [1.29, 1.82) is 0 Å². The largest absolute Gasteiger partial charge is 0.497 e. The second-order valence-corrected chi connectivity index (χ2v) is 9.06. The number of rotatable bonds is 6. The molecule has 0 saturated carbocycles. The monoisotopic (exact) mass is 486 g/mol. The molecule has 36 heavy (non-hydrogen) atoms. The maximum absolute atomic E-state index is 13.4. The summed E-state index contributed by atoms with van der Waals surface area (Å²) in [5.41, 5.74) is 2.03. The fourth-order valence-corrected chi connectivity index (χ4v) is 4.53. The van der Waals surface area contributed by atoms with E-state index in [0.717, 1.165) is 21.7 Å². The molecule has 184 valence electrons. The predicted molar refractivity (Wildman–Crippen MR) is 131 cm³/mol. The van der Waals surface area contributed by atoms with Gasteiger partial charge in [0.05, 0.1) is 19.1 Å². The summed E-state index contributed by atoms with van der Waals surface area (Å²) in [7, 11) is 1.55. The number of methoxy groups -OCH3 is 1. The van der Waals surface area contributed by atoms with Gasteiger partial charge >= 0.3 is 6.03 Å². The van der Waals surface area contributed by atoms with Gasteiger partial charge in [0.1, 0.15) is 29.6 Å². The molecule has 1 saturated heterocycles. The molecule has 3 aromatic rings. The van der Waals surface area contributed by atoms with Crippen LogP contribution in [0.5, 0.6) is 5.75 Å². The summed E-state index contributed by atoms with van der Waals surface area (Å²) >= 11 is 0. The van der Waals surface area contributed by atoms with Crippen molar-refractivity contribution in [3.05, 3.63) is 89.4 Å². The quantitative estimate of drug-likeness (QED) is 0.535. The van der Waals surface area contributed by atoms with Crippen molar-refractivity contribution in [2.75, 3.05) is 13.7 Å². The van der Waals surface area contributed by atoms with Gasteiger partial charge in [-0.15, -0.1) is 0 Å². The number of carbonyl (C=O) groups excluding carboxylic acids is 3. The molecular weight excluding hydrogens is 460 g/mol. The number of benzene rings is 2. The third-order valence-electron chi connectivity index (χ3n) is 6.66. The minimum Gasteiger partial charge on any atom is -0.497 e. The molecule has 4 amide bonds. The van der Waals surface area contributed by atoms with Crippen LogP contribution in [0.3, 0.4) is 0 Å². The smallest absolute Gasteiger partial charge is 0.325 e. The van der Waals surface area contributed by atoms with Gasteiger partial charge in [-0.2, -0.15) is 5.10 Å². The molecule has 2 aromatic carbocycles. The number of hydrogen-bond acceptors (Lipinski definition) is 6. The number of furan rings is 1. The standard InChI is InChI=1S/C27H26N4O5/c1-17-6-8-18(9-7-17)21-15-22(23-5-4-14-36-23)31(29-21)24(32)16-30-25(33)27(2,28-26(30)34)19-10-12-20(35-3)13-11-19/h4-14,22H,15-16H2,1-3H3,(H,28,34)/t22-,27-/m0/s1. The minimum atomic E-state index is -1.30. The molecule has 0 bridgehead atoms. The fourth-order valence-electron chi connectivity index (χ4n) is 4.53. The van der Waals surface area contributed by atoms with Crippen LogP contribution < -0.4 is 10.1 Å². The average Bonchev–Trinajstić information content (AvgIpc) is 3.61. The first-order chi connectivity index (χ1) is 17.3. The number of nitrogens with zero attached hydrogens (tertiary/aromatic N) is 3. The summed E-state index contributed by atoms with van der Waals surface area (Å²) in [6, 6.07) is 17.2. The van der Waals surface area contributed by atoms with Gasteiger partial charge < -0.3 is 14.5 Å². The lowest BCUT2D eigenvalue weighted by Gasteiger charge is -2.24. The van der Waals surface area contributed by atoms with Crippen LogP contribution in [0, 0.1) is 6.92 Å². The molecular formula is C27H26N4O5. The van der Waals surface area contributed by atoms with Crippen molar-refractivity contribution in [3.63, 3.8) is 0 Å². The summed E-state index contributed by atoms with van der Waals surface area (Å²) in [4.78, 5) is 40.6. The second kappa shape index (κ2) is 8.99. The maximum Gasteiger partial charge on any atom is 0.325 e. The molecule has 0 aliphatic carbocycles. The van der Waals surface area contributed by atoms with Crippen molar-refractivity contribution in [2.24, 2.45) is 5.10 Å². The highest BCUT2D eigenvalue weighted by Gasteiger charge is 2.50. The van der Waals surface area contributed by atoms with Crippen molar-refractivity contribution >= 4 is 23.6 Å². The van der Waals surface area contributed by atoms with E-state index in [1.54, 1.807) is 56.7 Å². The normalized spacial score (nSPS) is 21.5. The number of nitrogens with one attached hydrogen (secondary N) is 1. The number of ether oxygens (including phenoxy) is 1. The number of aryl methyl sites for hydroxylation is 1. The van der Waals surface area contributed by atoms with Crippen LogP contribution in [-0.2, 0) is 15.1 Å². The Balaban J connectivity index is 1.39. The Morgan fingerprint density at radius 1 is 1.14 bits per heavy atom. The fraction of sp³-hybridized carbons (Fsp3) is 0.259. The highest BCUT2D eigenvalue weighted by atomic mass is 16.5. The number of imide groups is 1. The highest BCUT2D eigenvalue weighted by molar-refractivity contribution is 6.09. The molecule has 2 atom stereocenters. The van der Waals surface area contributed by atoms with Gasteiger partial charge in [0, 0.05) is 6.42 Å². The van der Waals surface area contributed by atoms with E-state index in [2.05, 4.69) is 10.4 Å². The third kappa shape index (κ3) is 4.02. The summed E-state index contributed by atoms with van der Waals surface area (Å²) < 4.78 is 10.8. The summed E-state index contributed by atoms with van der Waals surface area (Å²) in [5.74, 6) is 0.212. The van der Waals surface area contributed by atoms with Crippen LogP contribution >= 0.6 is 0 Å². The first-order valence-electron chi connectivity index (χ1n) is 11.6. The van der Waals surface area contributed by atoms with Gasteiger partial charge in [-0.05, 0) is 49.2 Å². The lowest BCUT2D eigenvalue weighted by Crippen LogP contribution is -2.43. The molecule has 1 fully saturated rings. The van der Waals surface area contributed by atoms with Crippen LogP contribution in [0.15, 0.2) is 76.4 Å². The number of hydrazone groups is 1. The van der Waals surface area contributed by atoms with E-state index in [1.807, 2.05) is 31.2 Å². The molecule has 3 heterocycles. The zero-order valence-electron chi connectivity index (χ0n) is 20.2. The van der Waals surface area contributed by atoms with Gasteiger partial charge in [0.15, 0.2) is 0 Å². The molecule has 1 N–H and O–H groups in total. The molecule has 2 aliphatic heterocycles. The van der Waals surface area contributed by atoms with Gasteiger partial charge in [0.25, 0.3) is 11.8 Å². The zero-order valence-corrected chi connectivity index (χ0v) is 20.2. The van der Waals surface area contributed by atoms with Crippen molar-refractivity contribution in [1.82, 2.24) is 15.2 Å². The van der Waals surface area contributed by atoms with Gasteiger partial charge in [-0.25, -0.2) is 9.80 Å². The predicted octanol–water partition coefficient (Wildman–Crippen LogP) is 3.74. The lowest BCUT2D eigenvalue weighted by molar-refractivity contribution is -0.140.